The number of benzene rings is 3. The Hall–Kier alpha value is -3.64. The van der Waals surface area contributed by atoms with Gasteiger partial charge in [-0.25, -0.2) is 0 Å². The highest BCUT2D eigenvalue weighted by atomic mass is 32.2. The van der Waals surface area contributed by atoms with Crippen molar-refractivity contribution >= 4 is 38.0 Å². The van der Waals surface area contributed by atoms with Crippen molar-refractivity contribution in [2.24, 2.45) is 0 Å². The van der Waals surface area contributed by atoms with Crippen molar-refractivity contribution in [1.82, 2.24) is 10.2 Å². The van der Waals surface area contributed by atoms with E-state index >= 15 is 0 Å². The zero-order valence-electron chi connectivity index (χ0n) is 15.9. The molecule has 1 atom stereocenters. The van der Waals surface area contributed by atoms with Crippen LogP contribution in [0.15, 0.2) is 84.1 Å². The largest absolute Gasteiger partial charge is 0.491 e. The standard InChI is InChI=1S/C24H17N3O2S/c1-2-8-17-16(7-1)22(26-27-24(17)30-14-6-13-28-15-30)18-9-5-12-21-23(18)25-19-10-3-4-11-20(19)29-21/h1-14,25H,15H2. The number of nitrogens with zero attached hydrogens (tertiary/aromatic N) is 2. The van der Waals surface area contributed by atoms with E-state index in [1.54, 1.807) is 6.26 Å². The first-order chi connectivity index (χ1) is 14.9. The van der Waals surface area contributed by atoms with E-state index in [0.717, 1.165) is 49.9 Å². The number of fused-ring (bicyclic) bond motifs is 3. The van der Waals surface area contributed by atoms with Crippen LogP contribution in [0, 0.1) is 0 Å². The summed E-state index contributed by atoms with van der Waals surface area (Å²) < 4.78 is 11.6. The molecule has 2 aliphatic rings. The molecule has 1 unspecified atom stereocenters. The Kier molecular flexibility index (Phi) is 4.02. The summed E-state index contributed by atoms with van der Waals surface area (Å²) >= 11 is 0. The monoisotopic (exact) mass is 411 g/mol. The van der Waals surface area contributed by atoms with Gasteiger partial charge in [-0.05, 0) is 29.6 Å². The summed E-state index contributed by atoms with van der Waals surface area (Å²) in [6.45, 7) is 0. The Morgan fingerprint density at radius 3 is 2.57 bits per heavy atom. The van der Waals surface area contributed by atoms with E-state index in [-0.39, 0.29) is 10.5 Å². The molecule has 146 valence electrons. The molecule has 0 bridgehead atoms. The lowest BCUT2D eigenvalue weighted by Gasteiger charge is -2.24. The fourth-order valence-corrected chi connectivity index (χ4v) is 5.19. The van der Waals surface area contributed by atoms with Crippen LogP contribution in [0.1, 0.15) is 0 Å². The second-order valence-corrected chi connectivity index (χ2v) is 8.73. The molecule has 3 heterocycles. The van der Waals surface area contributed by atoms with E-state index in [2.05, 4.69) is 39.1 Å². The lowest BCUT2D eigenvalue weighted by molar-refractivity contribution is 0.316. The first-order valence-electron chi connectivity index (χ1n) is 9.62. The van der Waals surface area contributed by atoms with E-state index in [1.807, 2.05) is 54.6 Å². The molecule has 0 spiro atoms. The van der Waals surface area contributed by atoms with Gasteiger partial charge in [0, 0.05) is 16.3 Å². The van der Waals surface area contributed by atoms with Crippen molar-refractivity contribution in [3.63, 3.8) is 0 Å². The Bertz CT molecular complexity index is 1360. The van der Waals surface area contributed by atoms with E-state index in [0.29, 0.717) is 5.94 Å². The van der Waals surface area contributed by atoms with Crippen LogP contribution in [0.4, 0.5) is 11.4 Å². The molecule has 0 radical (unpaired) electrons. The van der Waals surface area contributed by atoms with E-state index in [4.69, 9.17) is 9.47 Å². The summed E-state index contributed by atoms with van der Waals surface area (Å²) in [5, 5.41) is 18.1. The number of anilines is 2. The number of ether oxygens (including phenoxy) is 2. The maximum Gasteiger partial charge on any atom is 0.151 e. The summed E-state index contributed by atoms with van der Waals surface area (Å²) in [5.74, 6) is 2.19. The van der Waals surface area contributed by atoms with Gasteiger partial charge in [0.2, 0.25) is 0 Å². The molecule has 0 amide bonds. The SMILES string of the molecule is C1=COCS(c2nnc(-c3cccc4c3Nc3ccccc3O4)c3ccccc23)=C1. The molecule has 1 N–H and O–H groups in total. The first-order valence-corrected chi connectivity index (χ1v) is 11.1. The van der Waals surface area contributed by atoms with Crippen LogP contribution in [0.5, 0.6) is 11.5 Å². The van der Waals surface area contributed by atoms with Crippen LogP contribution in [-0.4, -0.2) is 21.5 Å². The van der Waals surface area contributed by atoms with Crippen LogP contribution in [0.25, 0.3) is 22.0 Å². The van der Waals surface area contributed by atoms with Crippen molar-refractivity contribution in [2.45, 2.75) is 5.03 Å². The van der Waals surface area contributed by atoms with E-state index in [1.165, 1.54) is 0 Å². The van der Waals surface area contributed by atoms with Gasteiger partial charge in [0.15, 0.2) is 11.5 Å². The van der Waals surface area contributed by atoms with Crippen LogP contribution < -0.4 is 10.1 Å². The zero-order chi connectivity index (χ0) is 19.9. The second kappa shape index (κ2) is 7.00. The molecule has 0 fully saturated rings. The van der Waals surface area contributed by atoms with Gasteiger partial charge >= 0.3 is 0 Å². The fourth-order valence-electron chi connectivity index (χ4n) is 3.78. The number of allylic oxidation sites excluding steroid dienone is 1. The smallest absolute Gasteiger partial charge is 0.151 e. The van der Waals surface area contributed by atoms with Gasteiger partial charge < -0.3 is 14.8 Å². The van der Waals surface area contributed by atoms with Crippen LogP contribution >= 0.6 is 10.5 Å². The Balaban J connectivity index is 1.54. The highest BCUT2D eigenvalue weighted by Crippen LogP contribution is 2.47. The van der Waals surface area contributed by atoms with Gasteiger partial charge in [-0.15, -0.1) is 10.2 Å². The molecule has 6 rings (SSSR count). The summed E-state index contributed by atoms with van der Waals surface area (Å²) in [4.78, 5) is 0. The van der Waals surface area contributed by atoms with Crippen molar-refractivity contribution < 1.29 is 9.47 Å². The first kappa shape index (κ1) is 17.2. The van der Waals surface area contributed by atoms with Gasteiger partial charge in [0.05, 0.1) is 17.6 Å². The predicted octanol–water partition coefficient (Wildman–Crippen LogP) is 6.08. The molecule has 2 aliphatic heterocycles. The molecular weight excluding hydrogens is 394 g/mol. The maximum atomic E-state index is 6.13. The maximum absolute atomic E-state index is 6.13. The lowest BCUT2D eigenvalue weighted by atomic mass is 10.0. The van der Waals surface area contributed by atoms with Crippen molar-refractivity contribution in [3.05, 3.63) is 79.1 Å². The van der Waals surface area contributed by atoms with Crippen molar-refractivity contribution in [3.8, 4) is 22.8 Å². The number of hydrogen-bond donors (Lipinski definition) is 1. The van der Waals surface area contributed by atoms with Gasteiger partial charge in [-0.1, -0.05) is 59.0 Å². The number of hydrogen-bond acceptors (Lipinski definition) is 5. The third kappa shape index (κ3) is 2.76. The van der Waals surface area contributed by atoms with E-state index in [9.17, 15) is 0 Å². The van der Waals surface area contributed by atoms with Crippen molar-refractivity contribution in [2.75, 3.05) is 11.3 Å². The molecule has 30 heavy (non-hydrogen) atoms. The minimum atomic E-state index is -0.227. The van der Waals surface area contributed by atoms with Gasteiger partial charge in [-0.2, -0.15) is 0 Å². The highest BCUT2D eigenvalue weighted by molar-refractivity contribution is 8.15. The normalized spacial score (nSPS) is 16.5. The Labute approximate surface area is 175 Å². The third-order valence-electron chi connectivity index (χ3n) is 5.16. The molecule has 5 nitrogen and oxygen atoms in total. The number of nitrogens with one attached hydrogen (secondary N) is 1. The second-order valence-electron chi connectivity index (χ2n) is 6.98. The number of para-hydroxylation sites is 3. The summed E-state index contributed by atoms with van der Waals surface area (Å²) in [6, 6.07) is 22.2. The molecule has 6 heteroatoms. The molecule has 0 saturated heterocycles. The average molecular weight is 411 g/mol. The molecule has 3 aromatic carbocycles. The van der Waals surface area contributed by atoms with Crippen LogP contribution in [0.3, 0.4) is 0 Å². The number of aromatic nitrogens is 2. The van der Waals surface area contributed by atoms with Crippen LogP contribution in [-0.2, 0) is 4.74 Å². The summed E-state index contributed by atoms with van der Waals surface area (Å²) in [7, 11) is -0.227. The molecular formula is C24H17N3O2S. The zero-order valence-corrected chi connectivity index (χ0v) is 16.7. The summed E-state index contributed by atoms with van der Waals surface area (Å²) in [5.41, 5.74) is 3.64. The molecule has 1 aromatic heterocycles. The Morgan fingerprint density at radius 1 is 0.833 bits per heavy atom. The quantitative estimate of drug-likeness (QED) is 0.357. The third-order valence-corrected chi connectivity index (χ3v) is 6.84. The molecule has 0 aliphatic carbocycles. The van der Waals surface area contributed by atoms with E-state index < -0.39 is 0 Å². The minimum absolute atomic E-state index is 0.227. The van der Waals surface area contributed by atoms with Gasteiger partial charge in [0.1, 0.15) is 16.7 Å². The molecule has 4 aromatic rings. The predicted molar refractivity (Wildman–Crippen MR) is 122 cm³/mol. The van der Waals surface area contributed by atoms with Gasteiger partial charge in [0.25, 0.3) is 0 Å². The number of rotatable bonds is 2. The Morgan fingerprint density at radius 2 is 1.67 bits per heavy atom. The topological polar surface area (TPSA) is 56.3 Å². The van der Waals surface area contributed by atoms with Crippen LogP contribution in [0.2, 0.25) is 0 Å². The average Bonchev–Trinajstić information content (AvgIpc) is 2.82. The molecule has 0 saturated carbocycles. The summed E-state index contributed by atoms with van der Waals surface area (Å²) in [6.07, 6.45) is 3.65. The minimum Gasteiger partial charge on any atom is -0.491 e. The lowest BCUT2D eigenvalue weighted by Crippen LogP contribution is -2.05. The van der Waals surface area contributed by atoms with Gasteiger partial charge in [-0.3, -0.25) is 0 Å². The van der Waals surface area contributed by atoms with Crippen molar-refractivity contribution in [1.29, 1.82) is 0 Å². The fraction of sp³-hybridized carbons (Fsp3) is 0.0417. The highest BCUT2D eigenvalue weighted by Gasteiger charge is 2.22.